The third-order valence-electron chi connectivity index (χ3n) is 1.33. The monoisotopic (exact) mass is 336 g/mol. The van der Waals surface area contributed by atoms with Gasteiger partial charge in [-0.25, -0.2) is 0 Å². The lowest BCUT2D eigenvalue weighted by Crippen LogP contribution is -1.47. The fourth-order valence-electron chi connectivity index (χ4n) is 0.770. The van der Waals surface area contributed by atoms with Crippen molar-refractivity contribution >= 4 is 0 Å². The number of hydrogen-bond acceptors (Lipinski definition) is 0. The maximum atomic E-state index is 2.12. The van der Waals surface area contributed by atoms with E-state index in [1.807, 2.05) is 100 Å². The van der Waals surface area contributed by atoms with Crippen molar-refractivity contribution in [1.82, 2.24) is 0 Å². The highest BCUT2D eigenvalue weighted by Crippen LogP contribution is 1.80. The number of benzene rings is 2. The maximum Gasteiger partial charge on any atom is -0.0590 e. The van der Waals surface area contributed by atoms with Crippen molar-refractivity contribution in [3.63, 3.8) is 0 Å². The first kappa shape index (κ1) is 38.2. The van der Waals surface area contributed by atoms with Gasteiger partial charge < -0.3 is 0 Å². The first-order chi connectivity index (χ1) is 10.8. The highest BCUT2D eigenvalue weighted by Gasteiger charge is 1.58. The van der Waals surface area contributed by atoms with E-state index in [1.54, 1.807) is 0 Å². The summed E-state index contributed by atoms with van der Waals surface area (Å²) in [6.07, 6.45) is 2.50. The van der Waals surface area contributed by atoms with Crippen LogP contribution < -0.4 is 0 Å². The molecule has 0 bridgehead atoms. The van der Waals surface area contributed by atoms with Gasteiger partial charge in [0.05, 0.1) is 0 Å². The van der Waals surface area contributed by atoms with E-state index in [2.05, 4.69) is 27.7 Å². The van der Waals surface area contributed by atoms with E-state index in [1.165, 1.54) is 12.8 Å². The second-order valence-electron chi connectivity index (χ2n) is 3.72. The Kier molecular flexibility index (Phi) is 92.0. The average molecular weight is 337 g/mol. The van der Waals surface area contributed by atoms with Crippen LogP contribution in [0, 0.1) is 0 Å². The van der Waals surface area contributed by atoms with Crippen molar-refractivity contribution in [3.05, 3.63) is 72.8 Å². The molecule has 0 aliphatic carbocycles. The summed E-state index contributed by atoms with van der Waals surface area (Å²) in [6, 6.07) is 24.0. The molecule has 0 atom stereocenters. The van der Waals surface area contributed by atoms with Crippen LogP contribution in [-0.2, 0) is 0 Å². The molecule has 2 rings (SSSR count). The first-order valence-electron chi connectivity index (χ1n) is 8.83. The van der Waals surface area contributed by atoms with Crippen molar-refractivity contribution < 1.29 is 0 Å². The summed E-state index contributed by atoms with van der Waals surface area (Å²) in [5.74, 6) is 0. The van der Waals surface area contributed by atoms with Gasteiger partial charge in [0.2, 0.25) is 0 Å². The van der Waals surface area contributed by atoms with Crippen LogP contribution in [0.15, 0.2) is 72.8 Å². The predicted molar refractivity (Wildman–Crippen MR) is 121 cm³/mol. The summed E-state index contributed by atoms with van der Waals surface area (Å²) in [6.45, 7) is 16.5. The van der Waals surface area contributed by atoms with Crippen molar-refractivity contribution in [1.29, 1.82) is 0 Å². The number of hydrogen-bond donors (Lipinski definition) is 0. The van der Waals surface area contributed by atoms with Crippen LogP contribution in [0.1, 0.15) is 83.1 Å². The molecule has 2 aromatic carbocycles. The van der Waals surface area contributed by atoms with Gasteiger partial charge >= 0.3 is 0 Å². The highest BCUT2D eigenvalue weighted by atomic mass is 13.7. The maximum absolute atomic E-state index is 2.12. The second-order valence-corrected chi connectivity index (χ2v) is 3.72. The lowest BCUT2D eigenvalue weighted by molar-refractivity contribution is 1.09. The zero-order valence-corrected chi connectivity index (χ0v) is 16.3. The van der Waals surface area contributed by atoms with Crippen molar-refractivity contribution in [2.45, 2.75) is 83.1 Å². The molecule has 0 fully saturated rings. The molecular weight excluding hydrogens is 288 g/mol. The molecule has 0 aliphatic heterocycles. The summed E-state index contributed by atoms with van der Waals surface area (Å²) in [5, 5.41) is 0. The largest absolute Gasteiger partial charge is 0.0776 e. The van der Waals surface area contributed by atoms with Crippen LogP contribution >= 0.6 is 0 Å². The molecule has 0 amide bonds. The quantitative estimate of drug-likeness (QED) is 0.449. The smallest absolute Gasteiger partial charge is 0.0590 e. The molecule has 0 aliphatic rings. The second kappa shape index (κ2) is 57.9. The van der Waals surface area contributed by atoms with Gasteiger partial charge in [-0.2, -0.15) is 0 Å². The Balaban J connectivity index is -0.0000000427. The third-order valence-corrected chi connectivity index (χ3v) is 1.33. The lowest BCUT2D eigenvalue weighted by atomic mass is 10.4. The summed E-state index contributed by atoms with van der Waals surface area (Å²) in [5.41, 5.74) is 0. The molecule has 0 nitrogen and oxygen atoms in total. The predicted octanol–water partition coefficient (Wildman–Crippen LogP) is 9.53. The van der Waals surface area contributed by atoms with Gasteiger partial charge in [-0.3, -0.25) is 0 Å². The van der Waals surface area contributed by atoms with Crippen LogP contribution in [0.25, 0.3) is 0 Å². The molecule has 0 unspecified atom stereocenters. The van der Waals surface area contributed by atoms with Gasteiger partial charge in [-0.05, 0) is 0 Å². The van der Waals surface area contributed by atoms with Gasteiger partial charge in [-0.15, -0.1) is 0 Å². The summed E-state index contributed by atoms with van der Waals surface area (Å²) in [4.78, 5) is 0. The first-order valence-corrected chi connectivity index (χ1v) is 8.83. The van der Waals surface area contributed by atoms with Gasteiger partial charge in [0.25, 0.3) is 0 Å². The molecule has 24 heavy (non-hydrogen) atoms. The van der Waals surface area contributed by atoms with Crippen LogP contribution in [0.2, 0.25) is 0 Å². The molecule has 2 aromatic rings. The zero-order valence-electron chi connectivity index (χ0n) is 16.3. The number of rotatable bonds is 0. The van der Waals surface area contributed by atoms with Crippen LogP contribution in [-0.4, -0.2) is 0 Å². The zero-order chi connectivity index (χ0) is 17.9. The molecule has 0 spiro atoms. The minimum absolute atomic E-state index is 0. The van der Waals surface area contributed by atoms with Crippen LogP contribution in [0.3, 0.4) is 0 Å². The fourth-order valence-corrected chi connectivity index (χ4v) is 0.770. The Labute approximate surface area is 156 Å². The Bertz CT molecular complexity index is 199. The van der Waals surface area contributed by atoms with E-state index >= 15 is 0 Å². The normalized spacial score (nSPS) is 6.00. The van der Waals surface area contributed by atoms with E-state index in [4.69, 9.17) is 0 Å². The van der Waals surface area contributed by atoms with Crippen molar-refractivity contribution in [3.8, 4) is 0 Å². The summed E-state index contributed by atoms with van der Waals surface area (Å²) >= 11 is 0. The fraction of sp³-hybridized carbons (Fsp3) is 0.500. The molecular formula is C24H48. The van der Waals surface area contributed by atoms with E-state index in [0.717, 1.165) is 0 Å². The highest BCUT2D eigenvalue weighted by molar-refractivity contribution is 4.99. The van der Waals surface area contributed by atoms with E-state index in [0.29, 0.717) is 0 Å². The third kappa shape index (κ3) is 70.9. The molecule has 0 saturated heterocycles. The minimum Gasteiger partial charge on any atom is -0.0776 e. The summed E-state index contributed by atoms with van der Waals surface area (Å²) in [7, 11) is 0. The Hall–Kier alpha value is -1.56. The topological polar surface area (TPSA) is 0 Å². The van der Waals surface area contributed by atoms with Gasteiger partial charge in [-0.1, -0.05) is 156 Å². The van der Waals surface area contributed by atoms with Gasteiger partial charge in [0.1, 0.15) is 0 Å². The SMILES string of the molecule is C.C.CC.CC.CCC.CCC.c1ccccc1.c1ccccc1. The Morgan fingerprint density at radius 1 is 0.333 bits per heavy atom. The summed E-state index contributed by atoms with van der Waals surface area (Å²) < 4.78 is 0. The van der Waals surface area contributed by atoms with Gasteiger partial charge in [0, 0.05) is 0 Å². The van der Waals surface area contributed by atoms with Gasteiger partial charge in [0.15, 0.2) is 0 Å². The van der Waals surface area contributed by atoms with Crippen LogP contribution in [0.4, 0.5) is 0 Å². The molecule has 0 aromatic heterocycles. The standard InChI is InChI=1S/2C6H6.2C3H8.2C2H6.2CH4/c2*1-2-4-6-5-3-1;2*1-3-2;2*1-2;;/h2*1-6H;2*3H2,1-2H3;2*1-2H3;2*1H4. The molecule has 0 heterocycles. The van der Waals surface area contributed by atoms with Crippen LogP contribution in [0.5, 0.6) is 0 Å². The average Bonchev–Trinajstić information content (AvgIpc) is 2.63. The Morgan fingerprint density at radius 3 is 0.417 bits per heavy atom. The molecule has 144 valence electrons. The molecule has 0 N–H and O–H groups in total. The Morgan fingerprint density at radius 2 is 0.375 bits per heavy atom. The molecule has 0 heteroatoms. The molecule has 0 saturated carbocycles. The van der Waals surface area contributed by atoms with Crippen molar-refractivity contribution in [2.75, 3.05) is 0 Å². The van der Waals surface area contributed by atoms with E-state index in [-0.39, 0.29) is 14.9 Å². The molecule has 0 radical (unpaired) electrons. The van der Waals surface area contributed by atoms with E-state index in [9.17, 15) is 0 Å². The minimum atomic E-state index is 0. The van der Waals surface area contributed by atoms with E-state index < -0.39 is 0 Å². The lowest BCUT2D eigenvalue weighted by Gasteiger charge is -1.69. The van der Waals surface area contributed by atoms with Crippen molar-refractivity contribution in [2.24, 2.45) is 0 Å².